The van der Waals surface area contributed by atoms with Gasteiger partial charge in [-0.15, -0.1) is 0 Å². The molecule has 2 aromatic carbocycles. The molecule has 6 nitrogen and oxygen atoms in total. The second-order valence-corrected chi connectivity index (χ2v) is 6.34. The summed E-state index contributed by atoms with van der Waals surface area (Å²) in [5.74, 6) is 0.316. The quantitative estimate of drug-likeness (QED) is 0.397. The number of hydrazine groups is 1. The van der Waals surface area contributed by atoms with Crippen LogP contribution in [0.5, 0.6) is 11.5 Å². The van der Waals surface area contributed by atoms with E-state index in [4.69, 9.17) is 21.1 Å². The molecule has 0 atom stereocenters. The van der Waals surface area contributed by atoms with Gasteiger partial charge in [-0.2, -0.15) is 0 Å². The second-order valence-electron chi connectivity index (χ2n) is 5.90. The van der Waals surface area contributed by atoms with Crippen LogP contribution in [-0.2, 0) is 4.79 Å². The monoisotopic (exact) mass is 402 g/mol. The minimum Gasteiger partial charge on any atom is -0.493 e. The number of amides is 2. The van der Waals surface area contributed by atoms with Gasteiger partial charge < -0.3 is 9.47 Å². The highest BCUT2D eigenvalue weighted by Crippen LogP contribution is 2.28. The number of rotatable bonds is 8. The van der Waals surface area contributed by atoms with E-state index in [-0.39, 0.29) is 0 Å². The molecule has 2 N–H and O–H groups in total. The molecular weight excluding hydrogens is 380 g/mol. The van der Waals surface area contributed by atoms with Gasteiger partial charge in [0.05, 0.1) is 13.7 Å². The molecule has 0 radical (unpaired) electrons. The molecule has 0 bridgehead atoms. The van der Waals surface area contributed by atoms with E-state index in [0.29, 0.717) is 28.7 Å². The van der Waals surface area contributed by atoms with Crippen LogP contribution in [0.25, 0.3) is 6.08 Å². The van der Waals surface area contributed by atoms with Crippen molar-refractivity contribution >= 4 is 29.5 Å². The number of methoxy groups -OCH3 is 1. The molecule has 0 aliphatic heterocycles. The van der Waals surface area contributed by atoms with E-state index >= 15 is 0 Å². The Morgan fingerprint density at radius 2 is 1.93 bits per heavy atom. The number of unbranched alkanes of at least 4 members (excludes halogenated alkanes) is 1. The maximum Gasteiger partial charge on any atom is 0.269 e. The van der Waals surface area contributed by atoms with E-state index in [2.05, 4.69) is 17.8 Å². The average Bonchev–Trinajstić information content (AvgIpc) is 2.71. The minimum absolute atomic E-state index is 0.347. The first-order valence-corrected chi connectivity index (χ1v) is 9.26. The molecule has 0 aromatic heterocycles. The molecule has 28 heavy (non-hydrogen) atoms. The van der Waals surface area contributed by atoms with Crippen LogP contribution < -0.4 is 20.3 Å². The maximum absolute atomic E-state index is 12.0. The smallest absolute Gasteiger partial charge is 0.269 e. The standard InChI is InChI=1S/C21H23ClN2O4/c1-3-4-12-28-18-10-8-15(13-19(18)27-2)9-11-20(25)23-24-21(26)16-6-5-7-17(22)14-16/h5-11,13-14H,3-4,12H2,1-2H3,(H,23,25)(H,24,26)/b11-9+. The Balaban J connectivity index is 1.91. The van der Waals surface area contributed by atoms with Crippen LogP contribution in [0.3, 0.4) is 0 Å². The van der Waals surface area contributed by atoms with Crippen LogP contribution in [0.4, 0.5) is 0 Å². The van der Waals surface area contributed by atoms with E-state index in [1.165, 1.54) is 12.1 Å². The Morgan fingerprint density at radius 1 is 1.11 bits per heavy atom. The zero-order chi connectivity index (χ0) is 20.4. The third-order valence-electron chi connectivity index (χ3n) is 3.76. The highest BCUT2D eigenvalue weighted by Gasteiger charge is 2.07. The number of carbonyl (C=O) groups excluding carboxylic acids is 2. The summed E-state index contributed by atoms with van der Waals surface area (Å²) in [6, 6.07) is 11.8. The molecule has 2 amide bonds. The second kappa shape index (κ2) is 11.0. The number of hydrogen-bond acceptors (Lipinski definition) is 4. The number of carbonyl (C=O) groups is 2. The van der Waals surface area contributed by atoms with Crippen molar-refractivity contribution in [1.82, 2.24) is 10.9 Å². The lowest BCUT2D eigenvalue weighted by Gasteiger charge is -2.11. The summed E-state index contributed by atoms with van der Waals surface area (Å²) in [6.07, 6.45) is 4.93. The van der Waals surface area contributed by atoms with Gasteiger partial charge in [-0.3, -0.25) is 20.4 Å². The summed E-state index contributed by atoms with van der Waals surface area (Å²) in [6.45, 7) is 2.72. The van der Waals surface area contributed by atoms with Gasteiger partial charge in [-0.05, 0) is 48.4 Å². The fourth-order valence-electron chi connectivity index (χ4n) is 2.27. The van der Waals surface area contributed by atoms with Crippen LogP contribution >= 0.6 is 11.6 Å². The van der Waals surface area contributed by atoms with Crippen LogP contribution in [-0.4, -0.2) is 25.5 Å². The molecule has 0 saturated carbocycles. The van der Waals surface area contributed by atoms with Crippen molar-refractivity contribution in [3.63, 3.8) is 0 Å². The van der Waals surface area contributed by atoms with Crippen LogP contribution in [0.15, 0.2) is 48.5 Å². The summed E-state index contributed by atoms with van der Waals surface area (Å²) in [4.78, 5) is 23.9. The predicted molar refractivity (Wildman–Crippen MR) is 109 cm³/mol. The summed E-state index contributed by atoms with van der Waals surface area (Å²) >= 11 is 5.84. The van der Waals surface area contributed by atoms with E-state index < -0.39 is 11.8 Å². The Hall–Kier alpha value is -2.99. The molecular formula is C21H23ClN2O4. The van der Waals surface area contributed by atoms with Gasteiger partial charge in [0.2, 0.25) is 0 Å². The summed E-state index contributed by atoms with van der Waals surface area (Å²) in [7, 11) is 1.56. The Kier molecular flexibility index (Phi) is 8.37. The van der Waals surface area contributed by atoms with Gasteiger partial charge in [-0.1, -0.05) is 37.1 Å². The van der Waals surface area contributed by atoms with Crippen LogP contribution in [0.1, 0.15) is 35.7 Å². The number of ether oxygens (including phenoxy) is 2. The highest BCUT2D eigenvalue weighted by molar-refractivity contribution is 6.30. The number of halogens is 1. The highest BCUT2D eigenvalue weighted by atomic mass is 35.5. The topological polar surface area (TPSA) is 76.7 Å². The largest absolute Gasteiger partial charge is 0.493 e. The SMILES string of the molecule is CCCCOc1ccc(/C=C/C(=O)NNC(=O)c2cccc(Cl)c2)cc1OC. The molecule has 0 spiro atoms. The van der Waals surface area contributed by atoms with Crippen molar-refractivity contribution in [2.75, 3.05) is 13.7 Å². The molecule has 0 unspecified atom stereocenters. The zero-order valence-corrected chi connectivity index (χ0v) is 16.6. The van der Waals surface area contributed by atoms with Crippen molar-refractivity contribution in [1.29, 1.82) is 0 Å². The molecule has 0 heterocycles. The first-order valence-electron chi connectivity index (χ1n) is 8.88. The van der Waals surface area contributed by atoms with Gasteiger partial charge in [0, 0.05) is 16.7 Å². The number of benzene rings is 2. The van der Waals surface area contributed by atoms with Crippen molar-refractivity contribution in [3.8, 4) is 11.5 Å². The molecule has 0 aliphatic carbocycles. The average molecular weight is 403 g/mol. The normalized spacial score (nSPS) is 10.5. The molecule has 0 aliphatic rings. The van der Waals surface area contributed by atoms with Crippen molar-refractivity contribution in [2.45, 2.75) is 19.8 Å². The van der Waals surface area contributed by atoms with Crippen molar-refractivity contribution in [3.05, 3.63) is 64.7 Å². The number of nitrogens with one attached hydrogen (secondary N) is 2. The van der Waals surface area contributed by atoms with Gasteiger partial charge in [0.1, 0.15) is 0 Å². The maximum atomic E-state index is 12.0. The first-order chi connectivity index (χ1) is 13.5. The molecule has 0 saturated heterocycles. The Labute approximate surface area is 169 Å². The van der Waals surface area contributed by atoms with Crippen LogP contribution in [0, 0.1) is 0 Å². The molecule has 2 aromatic rings. The van der Waals surface area contributed by atoms with E-state index in [9.17, 15) is 9.59 Å². The summed E-state index contributed by atoms with van der Waals surface area (Å²) < 4.78 is 11.0. The lowest BCUT2D eigenvalue weighted by Crippen LogP contribution is -2.40. The molecule has 2 rings (SSSR count). The zero-order valence-electron chi connectivity index (χ0n) is 15.8. The predicted octanol–water partition coefficient (Wildman–Crippen LogP) is 4.00. The summed E-state index contributed by atoms with van der Waals surface area (Å²) in [5.41, 5.74) is 5.76. The third-order valence-corrected chi connectivity index (χ3v) is 3.99. The third kappa shape index (κ3) is 6.63. The minimum atomic E-state index is -0.474. The van der Waals surface area contributed by atoms with Crippen molar-refractivity contribution < 1.29 is 19.1 Å². The van der Waals surface area contributed by atoms with Gasteiger partial charge in [-0.25, -0.2) is 0 Å². The van der Waals surface area contributed by atoms with Gasteiger partial charge >= 0.3 is 0 Å². The van der Waals surface area contributed by atoms with Gasteiger partial charge in [0.25, 0.3) is 11.8 Å². The van der Waals surface area contributed by atoms with E-state index in [1.807, 2.05) is 6.07 Å². The molecule has 0 fully saturated rings. The van der Waals surface area contributed by atoms with Crippen molar-refractivity contribution in [2.24, 2.45) is 0 Å². The molecule has 7 heteroatoms. The van der Waals surface area contributed by atoms with Gasteiger partial charge in [0.15, 0.2) is 11.5 Å². The lowest BCUT2D eigenvalue weighted by atomic mass is 10.2. The summed E-state index contributed by atoms with van der Waals surface area (Å²) in [5, 5.41) is 0.440. The molecule has 148 valence electrons. The lowest BCUT2D eigenvalue weighted by molar-refractivity contribution is -0.117. The number of hydrogen-bond donors (Lipinski definition) is 2. The Bertz CT molecular complexity index is 852. The fraction of sp³-hybridized carbons (Fsp3) is 0.238. The Morgan fingerprint density at radius 3 is 2.64 bits per heavy atom. The first kappa shape index (κ1) is 21.3. The van der Waals surface area contributed by atoms with E-state index in [0.717, 1.165) is 18.4 Å². The van der Waals surface area contributed by atoms with Crippen LogP contribution in [0.2, 0.25) is 5.02 Å². The fourth-order valence-corrected chi connectivity index (χ4v) is 2.46. The van der Waals surface area contributed by atoms with E-state index in [1.54, 1.807) is 43.5 Å².